The van der Waals surface area contributed by atoms with Crippen LogP contribution in [0.1, 0.15) is 80.9 Å². The number of benzene rings is 3. The van der Waals surface area contributed by atoms with Crippen LogP contribution in [0.4, 0.5) is 5.69 Å². The number of nitrogens with one attached hydrogen (secondary N) is 2. The molecule has 3 aromatic carbocycles. The molecule has 1 aromatic heterocycles. The van der Waals surface area contributed by atoms with E-state index in [-0.39, 0.29) is 53.5 Å². The minimum atomic E-state index is -0.872. The zero-order valence-corrected chi connectivity index (χ0v) is 31.2. The van der Waals surface area contributed by atoms with Crippen molar-refractivity contribution in [3.63, 3.8) is 0 Å². The van der Waals surface area contributed by atoms with E-state index < -0.39 is 17.5 Å². The fourth-order valence-electron chi connectivity index (χ4n) is 8.34. The zero-order valence-electron chi connectivity index (χ0n) is 30.5. The largest absolute Gasteiger partial charge is 0.489 e. The van der Waals surface area contributed by atoms with Gasteiger partial charge in [0.1, 0.15) is 29.5 Å². The van der Waals surface area contributed by atoms with E-state index in [1.54, 1.807) is 42.5 Å². The van der Waals surface area contributed by atoms with E-state index in [1.807, 2.05) is 18.2 Å². The van der Waals surface area contributed by atoms with Crippen molar-refractivity contribution in [3.8, 4) is 23.7 Å². The van der Waals surface area contributed by atoms with Gasteiger partial charge in [-0.15, -0.1) is 5.10 Å². The van der Waals surface area contributed by atoms with Crippen molar-refractivity contribution in [3.05, 3.63) is 92.7 Å². The number of anilines is 1. The van der Waals surface area contributed by atoms with Gasteiger partial charge in [0.25, 0.3) is 17.4 Å². The number of nitriles is 1. The second-order valence-corrected chi connectivity index (χ2v) is 15.8. The van der Waals surface area contributed by atoms with Gasteiger partial charge in [-0.3, -0.25) is 24.5 Å². The molecular weight excluding hydrogens is 706 g/mol. The Morgan fingerprint density at radius 2 is 1.70 bits per heavy atom. The van der Waals surface area contributed by atoms with Crippen LogP contribution < -0.4 is 25.8 Å². The molecule has 3 heterocycles. The van der Waals surface area contributed by atoms with Gasteiger partial charge in [0.05, 0.1) is 16.0 Å². The molecule has 0 spiro atoms. The molecule has 1 aliphatic carbocycles. The lowest BCUT2D eigenvalue weighted by Gasteiger charge is -2.63. The number of amides is 3. The standard InChI is InChI=1S/C41H40ClN7O5/c1-40(2)38(41(3,4)39(40)54-29-13-11-27(23-43)31(42)22-29)45-35(51)26-9-7-24(8-10-26)5-6-25-17-19-48(20-18-25)28-12-14-32-30(21-28)37(53)49(47-46-32)33-15-16-34(50)44-36(33)52/h7-14,21-22,25,33,38-39H,15-20H2,1-4H3,(H,45,51)(H,44,50,52). The van der Waals surface area contributed by atoms with Gasteiger partial charge in [0.2, 0.25) is 5.91 Å². The second kappa shape index (κ2) is 14.3. The highest BCUT2D eigenvalue weighted by molar-refractivity contribution is 6.31. The van der Waals surface area contributed by atoms with Gasteiger partial charge < -0.3 is 15.0 Å². The number of ether oxygens (including phenoxy) is 1. The third kappa shape index (κ3) is 6.90. The number of carbonyl (C=O) groups excluding carboxylic acids is 3. The predicted molar refractivity (Wildman–Crippen MR) is 203 cm³/mol. The maximum absolute atomic E-state index is 13.4. The fraction of sp³-hybridized carbons (Fsp3) is 0.390. The fourth-order valence-corrected chi connectivity index (χ4v) is 8.55. The average molecular weight is 746 g/mol. The normalized spacial score (nSPS) is 21.9. The van der Waals surface area contributed by atoms with Crippen molar-refractivity contribution in [1.82, 2.24) is 25.6 Å². The van der Waals surface area contributed by atoms with Gasteiger partial charge >= 0.3 is 0 Å². The number of piperidine rings is 2. The first kappa shape index (κ1) is 36.6. The van der Waals surface area contributed by atoms with Crippen LogP contribution in [0.3, 0.4) is 0 Å². The molecule has 0 bridgehead atoms. The van der Waals surface area contributed by atoms with Gasteiger partial charge in [-0.05, 0) is 73.9 Å². The van der Waals surface area contributed by atoms with Crippen LogP contribution in [-0.2, 0) is 9.59 Å². The average Bonchev–Trinajstić information content (AvgIpc) is 3.16. The molecule has 12 nitrogen and oxygen atoms in total. The highest BCUT2D eigenvalue weighted by atomic mass is 35.5. The van der Waals surface area contributed by atoms with Crippen molar-refractivity contribution in [2.24, 2.45) is 16.7 Å². The number of rotatable bonds is 6. The summed E-state index contributed by atoms with van der Waals surface area (Å²) in [5.74, 6) is 6.39. The summed E-state index contributed by atoms with van der Waals surface area (Å²) < 4.78 is 7.43. The Hall–Kier alpha value is -5.72. The second-order valence-electron chi connectivity index (χ2n) is 15.4. The highest BCUT2D eigenvalue weighted by Gasteiger charge is 2.64. The SMILES string of the molecule is CC1(C)C(NC(=O)c2ccc(C#CC3CCN(c4ccc5nnn(C6CCC(=O)NC6=O)c(=O)c5c4)CC3)cc2)C(C)(C)C1Oc1ccc(C#N)c(Cl)c1. The third-order valence-electron chi connectivity index (χ3n) is 11.0. The summed E-state index contributed by atoms with van der Waals surface area (Å²) in [6, 6.07) is 18.9. The molecule has 2 N–H and O–H groups in total. The van der Waals surface area contributed by atoms with E-state index in [0.717, 1.165) is 41.9 Å². The van der Waals surface area contributed by atoms with Gasteiger partial charge in [0.15, 0.2) is 0 Å². The Morgan fingerprint density at radius 3 is 2.37 bits per heavy atom. The van der Waals surface area contributed by atoms with E-state index in [9.17, 15) is 24.4 Å². The van der Waals surface area contributed by atoms with E-state index in [0.29, 0.717) is 32.8 Å². The van der Waals surface area contributed by atoms with E-state index >= 15 is 0 Å². The molecule has 1 saturated carbocycles. The minimum absolute atomic E-state index is 0.138. The molecule has 2 aliphatic heterocycles. The molecule has 2 saturated heterocycles. The first-order valence-corrected chi connectivity index (χ1v) is 18.4. The summed E-state index contributed by atoms with van der Waals surface area (Å²) in [4.78, 5) is 52.9. The van der Waals surface area contributed by atoms with Crippen LogP contribution in [-0.4, -0.2) is 58.0 Å². The molecule has 0 radical (unpaired) electrons. The zero-order chi connectivity index (χ0) is 38.4. The monoisotopic (exact) mass is 745 g/mol. The molecule has 54 heavy (non-hydrogen) atoms. The molecule has 3 amide bonds. The van der Waals surface area contributed by atoms with Gasteiger partial charge in [-0.2, -0.15) is 9.94 Å². The minimum Gasteiger partial charge on any atom is -0.489 e. The maximum Gasteiger partial charge on any atom is 0.278 e. The Balaban J connectivity index is 0.942. The predicted octanol–water partition coefficient (Wildman–Crippen LogP) is 5.17. The summed E-state index contributed by atoms with van der Waals surface area (Å²) in [6.45, 7) is 9.79. The number of hydrogen-bond donors (Lipinski definition) is 2. The lowest BCUT2D eigenvalue weighted by Crippen LogP contribution is -2.74. The number of nitrogens with zero attached hydrogens (tertiary/aromatic N) is 5. The summed E-state index contributed by atoms with van der Waals surface area (Å²) in [5, 5.41) is 23.5. The van der Waals surface area contributed by atoms with Gasteiger partial charge in [-0.1, -0.05) is 56.4 Å². The number of halogens is 1. The summed E-state index contributed by atoms with van der Waals surface area (Å²) >= 11 is 6.23. The molecule has 3 fully saturated rings. The third-order valence-corrected chi connectivity index (χ3v) is 11.3. The van der Waals surface area contributed by atoms with Crippen LogP contribution in [0.15, 0.2) is 65.5 Å². The first-order valence-electron chi connectivity index (χ1n) is 18.0. The number of hydrogen-bond acceptors (Lipinski definition) is 9. The maximum atomic E-state index is 13.4. The summed E-state index contributed by atoms with van der Waals surface area (Å²) in [7, 11) is 0. The van der Waals surface area contributed by atoms with Gasteiger partial charge in [-0.25, -0.2) is 0 Å². The smallest absolute Gasteiger partial charge is 0.278 e. The summed E-state index contributed by atoms with van der Waals surface area (Å²) in [6.07, 6.45) is 1.83. The molecular formula is C41H40ClN7O5. The lowest BCUT2D eigenvalue weighted by molar-refractivity contribution is -0.164. The molecule has 13 heteroatoms. The number of fused-ring (bicyclic) bond motifs is 1. The number of aromatic nitrogens is 3. The molecule has 3 aliphatic rings. The van der Waals surface area contributed by atoms with Crippen LogP contribution in [0.25, 0.3) is 10.9 Å². The van der Waals surface area contributed by atoms with Crippen molar-refractivity contribution in [2.45, 2.75) is 71.6 Å². The molecule has 7 rings (SSSR count). The lowest BCUT2D eigenvalue weighted by atomic mass is 9.49. The Morgan fingerprint density at radius 1 is 0.981 bits per heavy atom. The topological polar surface area (TPSA) is 159 Å². The Kier molecular flexibility index (Phi) is 9.67. The molecule has 4 aromatic rings. The quantitative estimate of drug-likeness (QED) is 0.201. The molecule has 1 atom stereocenters. The van der Waals surface area contributed by atoms with Crippen LogP contribution >= 0.6 is 11.6 Å². The van der Waals surface area contributed by atoms with Crippen molar-refractivity contribution in [2.75, 3.05) is 18.0 Å². The summed E-state index contributed by atoms with van der Waals surface area (Å²) in [5.41, 5.74) is 1.94. The molecule has 1 unspecified atom stereocenters. The number of carbonyl (C=O) groups is 3. The Labute approximate surface area is 317 Å². The van der Waals surface area contributed by atoms with E-state index in [1.165, 1.54) is 0 Å². The molecule has 276 valence electrons. The highest BCUT2D eigenvalue weighted by Crippen LogP contribution is 2.55. The number of imide groups is 1. The van der Waals surface area contributed by atoms with Crippen LogP contribution in [0, 0.1) is 39.9 Å². The van der Waals surface area contributed by atoms with E-state index in [4.69, 9.17) is 16.3 Å². The van der Waals surface area contributed by atoms with Crippen molar-refractivity contribution < 1.29 is 19.1 Å². The van der Waals surface area contributed by atoms with Gasteiger partial charge in [0, 0.05) is 65.2 Å². The van der Waals surface area contributed by atoms with Crippen LogP contribution in [0.5, 0.6) is 5.75 Å². The Bertz CT molecular complexity index is 2310. The van der Waals surface area contributed by atoms with E-state index in [2.05, 4.69) is 71.5 Å². The van der Waals surface area contributed by atoms with Crippen LogP contribution in [0.2, 0.25) is 5.02 Å². The van der Waals surface area contributed by atoms with Crippen molar-refractivity contribution >= 4 is 45.9 Å². The van der Waals surface area contributed by atoms with Crippen molar-refractivity contribution in [1.29, 1.82) is 5.26 Å². The first-order chi connectivity index (χ1) is 25.8.